The molecule has 0 atom stereocenters. The summed E-state index contributed by atoms with van der Waals surface area (Å²) in [5, 5.41) is 5.49. The molecule has 0 saturated heterocycles. The number of hydrogen-bond acceptors (Lipinski definition) is 2. The van der Waals surface area contributed by atoms with Gasteiger partial charge in [0, 0.05) is 30.9 Å². The van der Waals surface area contributed by atoms with Gasteiger partial charge in [-0.3, -0.25) is 9.69 Å². The number of urea groups is 1. The Morgan fingerprint density at radius 1 is 0.970 bits per heavy atom. The van der Waals surface area contributed by atoms with Crippen molar-refractivity contribution in [2.75, 3.05) is 23.3 Å². The van der Waals surface area contributed by atoms with E-state index in [1.54, 1.807) is 18.2 Å². The van der Waals surface area contributed by atoms with Crippen molar-refractivity contribution in [2.24, 2.45) is 0 Å². The Kier molecular flexibility index (Phi) is 10.2. The normalized spacial score (nSPS) is 11.2. The van der Waals surface area contributed by atoms with E-state index in [9.17, 15) is 22.8 Å². The second kappa shape index (κ2) is 12.9. The number of anilines is 2. The Labute approximate surface area is 193 Å². The molecule has 0 heterocycles. The van der Waals surface area contributed by atoms with Crippen molar-refractivity contribution in [3.63, 3.8) is 0 Å². The zero-order valence-electron chi connectivity index (χ0n) is 19.2. The molecule has 8 heteroatoms. The fourth-order valence-electron chi connectivity index (χ4n) is 3.40. The van der Waals surface area contributed by atoms with Crippen molar-refractivity contribution < 1.29 is 22.8 Å². The molecule has 0 radical (unpaired) electrons. The largest absolute Gasteiger partial charge is 0.416 e. The Balaban J connectivity index is 2.06. The van der Waals surface area contributed by atoms with Gasteiger partial charge in [-0.1, -0.05) is 50.8 Å². The van der Waals surface area contributed by atoms with Crippen molar-refractivity contribution in [3.05, 3.63) is 59.7 Å². The van der Waals surface area contributed by atoms with Crippen molar-refractivity contribution in [2.45, 2.75) is 58.5 Å². The number of rotatable bonds is 11. The zero-order valence-corrected chi connectivity index (χ0v) is 19.2. The molecule has 3 amide bonds. The molecule has 2 N–H and O–H groups in total. The van der Waals surface area contributed by atoms with E-state index in [1.807, 2.05) is 13.0 Å². The maximum atomic E-state index is 13.2. The van der Waals surface area contributed by atoms with Crippen LogP contribution in [-0.2, 0) is 11.0 Å². The van der Waals surface area contributed by atoms with Gasteiger partial charge in [0.2, 0.25) is 5.91 Å². The van der Waals surface area contributed by atoms with Crippen LogP contribution in [0.4, 0.5) is 29.3 Å². The molecule has 0 unspecified atom stereocenters. The van der Waals surface area contributed by atoms with Crippen LogP contribution in [0, 0.1) is 6.92 Å². The minimum Gasteiger partial charge on any atom is -0.354 e. The summed E-state index contributed by atoms with van der Waals surface area (Å²) < 4.78 is 39.6. The summed E-state index contributed by atoms with van der Waals surface area (Å²) in [5.74, 6) is -0.130. The molecule has 5 nitrogen and oxygen atoms in total. The molecular formula is C25H32F3N3O2. The lowest BCUT2D eigenvalue weighted by atomic mass is 10.1. The van der Waals surface area contributed by atoms with Gasteiger partial charge in [-0.25, -0.2) is 4.79 Å². The quantitative estimate of drug-likeness (QED) is 0.372. The first-order valence-corrected chi connectivity index (χ1v) is 11.3. The predicted octanol–water partition coefficient (Wildman–Crippen LogP) is 6.53. The van der Waals surface area contributed by atoms with Gasteiger partial charge in [0.05, 0.1) is 5.56 Å². The molecule has 0 spiro atoms. The van der Waals surface area contributed by atoms with Crippen LogP contribution in [0.25, 0.3) is 0 Å². The van der Waals surface area contributed by atoms with Crippen LogP contribution in [0.3, 0.4) is 0 Å². The smallest absolute Gasteiger partial charge is 0.354 e. The van der Waals surface area contributed by atoms with Crippen molar-refractivity contribution in [3.8, 4) is 0 Å². The van der Waals surface area contributed by atoms with Crippen LogP contribution in [0.2, 0.25) is 0 Å². The van der Waals surface area contributed by atoms with E-state index in [1.165, 1.54) is 17.0 Å². The van der Waals surface area contributed by atoms with E-state index in [-0.39, 0.29) is 24.7 Å². The second-order valence-electron chi connectivity index (χ2n) is 8.01. The average Bonchev–Trinajstić information content (AvgIpc) is 2.76. The van der Waals surface area contributed by atoms with Crippen LogP contribution in [-0.4, -0.2) is 25.0 Å². The van der Waals surface area contributed by atoms with Crippen molar-refractivity contribution in [1.82, 2.24) is 5.32 Å². The number of carbonyl (C=O) groups excluding carboxylic acids is 2. The molecule has 0 aromatic heterocycles. The van der Waals surface area contributed by atoms with Crippen LogP contribution in [0.1, 0.15) is 56.6 Å². The number of nitrogens with one attached hydrogen (secondary N) is 2. The highest BCUT2D eigenvalue weighted by molar-refractivity contribution is 6.01. The van der Waals surface area contributed by atoms with E-state index in [0.29, 0.717) is 12.1 Å². The summed E-state index contributed by atoms with van der Waals surface area (Å²) in [4.78, 5) is 26.3. The van der Waals surface area contributed by atoms with Crippen molar-refractivity contribution in [1.29, 1.82) is 0 Å². The maximum absolute atomic E-state index is 13.2. The highest BCUT2D eigenvalue weighted by Gasteiger charge is 2.31. The summed E-state index contributed by atoms with van der Waals surface area (Å²) in [6.45, 7) is 4.15. The van der Waals surface area contributed by atoms with Crippen molar-refractivity contribution >= 4 is 23.3 Å². The minimum atomic E-state index is -4.53. The monoisotopic (exact) mass is 463 g/mol. The summed E-state index contributed by atoms with van der Waals surface area (Å²) in [5.41, 5.74) is 0.728. The van der Waals surface area contributed by atoms with E-state index in [4.69, 9.17) is 0 Å². The van der Waals surface area contributed by atoms with Crippen LogP contribution >= 0.6 is 0 Å². The molecule has 0 aliphatic carbocycles. The number of amides is 3. The van der Waals surface area contributed by atoms with Crippen LogP contribution in [0.5, 0.6) is 0 Å². The van der Waals surface area contributed by atoms with E-state index in [2.05, 4.69) is 17.6 Å². The Hall–Kier alpha value is -3.03. The fraction of sp³-hybridized carbons (Fsp3) is 0.440. The van der Waals surface area contributed by atoms with Gasteiger partial charge in [-0.05, 0) is 49.2 Å². The first-order chi connectivity index (χ1) is 15.7. The molecule has 0 aliphatic rings. The fourth-order valence-corrected chi connectivity index (χ4v) is 3.40. The molecule has 2 rings (SSSR count). The van der Waals surface area contributed by atoms with Gasteiger partial charge in [-0.2, -0.15) is 13.2 Å². The molecule has 33 heavy (non-hydrogen) atoms. The van der Waals surface area contributed by atoms with Gasteiger partial charge in [0.15, 0.2) is 0 Å². The molecule has 2 aromatic carbocycles. The summed E-state index contributed by atoms with van der Waals surface area (Å²) >= 11 is 0. The lowest BCUT2D eigenvalue weighted by Gasteiger charge is -2.24. The first kappa shape index (κ1) is 26.2. The number of carbonyl (C=O) groups is 2. The second-order valence-corrected chi connectivity index (χ2v) is 8.01. The molecule has 0 bridgehead atoms. The van der Waals surface area contributed by atoms with Gasteiger partial charge >= 0.3 is 12.2 Å². The van der Waals surface area contributed by atoms with E-state index < -0.39 is 17.8 Å². The van der Waals surface area contributed by atoms with Gasteiger partial charge in [0.1, 0.15) is 0 Å². The molecule has 2 aromatic rings. The number of unbranched alkanes of at least 4 members (excludes halogenated alkanes) is 4. The topological polar surface area (TPSA) is 61.4 Å². The lowest BCUT2D eigenvalue weighted by Crippen LogP contribution is -2.41. The molecule has 180 valence electrons. The Morgan fingerprint density at radius 2 is 1.70 bits per heavy atom. The third kappa shape index (κ3) is 9.16. The SMILES string of the molecule is CCCCCCCC(=O)NCCN(C(=O)Nc1cccc(C)c1)c1cccc(C(F)(F)F)c1. The number of aryl methyl sites for hydroxylation is 1. The van der Waals surface area contributed by atoms with Gasteiger partial charge in [0.25, 0.3) is 0 Å². The van der Waals surface area contributed by atoms with E-state index >= 15 is 0 Å². The average molecular weight is 464 g/mol. The number of nitrogens with zero attached hydrogens (tertiary/aromatic N) is 1. The van der Waals surface area contributed by atoms with Crippen LogP contribution < -0.4 is 15.5 Å². The third-order valence-corrected chi connectivity index (χ3v) is 5.16. The highest BCUT2D eigenvalue weighted by Crippen LogP contribution is 2.31. The highest BCUT2D eigenvalue weighted by atomic mass is 19.4. The number of alkyl halides is 3. The Morgan fingerprint density at radius 3 is 2.39 bits per heavy atom. The Bertz CT molecular complexity index is 916. The number of benzene rings is 2. The summed E-state index contributed by atoms with van der Waals surface area (Å²) in [7, 11) is 0. The number of hydrogen-bond donors (Lipinski definition) is 2. The molecule has 0 aliphatic heterocycles. The minimum absolute atomic E-state index is 0.0283. The molecular weight excluding hydrogens is 431 g/mol. The predicted molar refractivity (Wildman–Crippen MR) is 125 cm³/mol. The summed E-state index contributed by atoms with van der Waals surface area (Å²) in [6, 6.07) is 11.1. The standard InChI is InChI=1S/C25H32F3N3O2/c1-3-4-5-6-7-14-23(32)29-15-16-31(22-13-9-11-20(18-22)25(26,27)28)24(33)30-21-12-8-10-19(2)17-21/h8-13,17-18H,3-7,14-16H2,1-2H3,(H,29,32)(H,30,33). The maximum Gasteiger partial charge on any atom is 0.416 e. The first-order valence-electron chi connectivity index (χ1n) is 11.3. The van der Waals surface area contributed by atoms with E-state index in [0.717, 1.165) is 49.8 Å². The van der Waals surface area contributed by atoms with Crippen LogP contribution in [0.15, 0.2) is 48.5 Å². The summed E-state index contributed by atoms with van der Waals surface area (Å²) in [6.07, 6.45) is 0.995. The van der Waals surface area contributed by atoms with Gasteiger partial charge in [-0.15, -0.1) is 0 Å². The lowest BCUT2D eigenvalue weighted by molar-refractivity contribution is -0.137. The zero-order chi connectivity index (χ0) is 24.3. The molecule has 0 saturated carbocycles. The third-order valence-electron chi connectivity index (χ3n) is 5.16. The molecule has 0 fully saturated rings. The number of halogens is 3. The van der Waals surface area contributed by atoms with Gasteiger partial charge < -0.3 is 10.6 Å².